The molecule has 5 rings (SSSR count). The molecule has 1 aliphatic heterocycles. The Morgan fingerprint density at radius 2 is 1.38 bits per heavy atom. The molecule has 0 N–H and O–H groups in total. The number of esters is 1. The molecule has 26 heavy (non-hydrogen) atoms. The van der Waals surface area contributed by atoms with E-state index >= 15 is 0 Å². The van der Waals surface area contributed by atoms with Gasteiger partial charge in [0.05, 0.1) is 0 Å². The molecule has 0 spiro atoms. The highest BCUT2D eigenvalue weighted by Gasteiger charge is 2.35. The van der Waals surface area contributed by atoms with Gasteiger partial charge in [0.2, 0.25) is 6.10 Å². The van der Waals surface area contributed by atoms with E-state index in [2.05, 4.69) is 12.1 Å². The Morgan fingerprint density at radius 3 is 2.08 bits per heavy atom. The fourth-order valence-electron chi connectivity index (χ4n) is 3.56. The summed E-state index contributed by atoms with van der Waals surface area (Å²) < 4.78 is 17.3. The lowest BCUT2D eigenvalue weighted by Crippen LogP contribution is -2.38. The van der Waals surface area contributed by atoms with E-state index in [0.717, 1.165) is 22.3 Å². The molecule has 3 aromatic carbocycles. The summed E-state index contributed by atoms with van der Waals surface area (Å²) >= 11 is 0. The quantitative estimate of drug-likeness (QED) is 0.656. The number of para-hydroxylation sites is 2. The van der Waals surface area contributed by atoms with E-state index in [4.69, 9.17) is 14.2 Å². The standard InChI is InChI=1S/C22H16O4/c23-22(20-13-24-18-11-5-6-12-19(18)25-20)26-21-16-9-3-1-7-14(16)15-8-2-4-10-17(15)21/h1-12,20-21H,13H2. The second-order valence-electron chi connectivity index (χ2n) is 6.36. The molecule has 128 valence electrons. The molecule has 0 amide bonds. The summed E-state index contributed by atoms with van der Waals surface area (Å²) in [6, 6.07) is 23.3. The SMILES string of the molecule is O=C(OC1c2ccccc2-c2ccccc21)C1COc2ccccc2O1. The van der Waals surface area contributed by atoms with E-state index in [-0.39, 0.29) is 6.61 Å². The predicted octanol–water partition coefficient (Wildman–Crippen LogP) is 4.14. The van der Waals surface area contributed by atoms with E-state index in [1.165, 1.54) is 0 Å². The summed E-state index contributed by atoms with van der Waals surface area (Å²) in [5.74, 6) is 0.789. The van der Waals surface area contributed by atoms with Crippen molar-refractivity contribution in [1.82, 2.24) is 0 Å². The Bertz CT molecular complexity index is 949. The zero-order chi connectivity index (χ0) is 17.5. The van der Waals surface area contributed by atoms with Crippen LogP contribution in [0.4, 0.5) is 0 Å². The number of carbonyl (C=O) groups excluding carboxylic acids is 1. The second kappa shape index (κ2) is 5.92. The number of hydrogen-bond acceptors (Lipinski definition) is 4. The largest absolute Gasteiger partial charge is 0.485 e. The van der Waals surface area contributed by atoms with Crippen LogP contribution in [0.5, 0.6) is 11.5 Å². The third-order valence-electron chi connectivity index (χ3n) is 4.78. The topological polar surface area (TPSA) is 44.8 Å². The van der Waals surface area contributed by atoms with Gasteiger partial charge in [-0.1, -0.05) is 60.7 Å². The van der Waals surface area contributed by atoms with E-state index in [9.17, 15) is 4.79 Å². The molecule has 0 saturated carbocycles. The van der Waals surface area contributed by atoms with Gasteiger partial charge in [-0.2, -0.15) is 0 Å². The minimum atomic E-state index is -0.773. The maximum absolute atomic E-state index is 12.8. The number of carbonyl (C=O) groups is 1. The van der Waals surface area contributed by atoms with E-state index < -0.39 is 18.2 Å². The van der Waals surface area contributed by atoms with Gasteiger partial charge < -0.3 is 14.2 Å². The monoisotopic (exact) mass is 344 g/mol. The van der Waals surface area contributed by atoms with Crippen LogP contribution in [0.1, 0.15) is 17.2 Å². The smallest absolute Gasteiger partial charge is 0.351 e. The fraction of sp³-hybridized carbons (Fsp3) is 0.136. The fourth-order valence-corrected chi connectivity index (χ4v) is 3.56. The van der Waals surface area contributed by atoms with Crippen molar-refractivity contribution in [1.29, 1.82) is 0 Å². The lowest BCUT2D eigenvalue weighted by atomic mass is 10.1. The molecule has 0 fully saturated rings. The summed E-state index contributed by atoms with van der Waals surface area (Å²) in [5, 5.41) is 0. The lowest BCUT2D eigenvalue weighted by Gasteiger charge is -2.26. The lowest BCUT2D eigenvalue weighted by molar-refractivity contribution is -0.158. The molecule has 0 radical (unpaired) electrons. The maximum Gasteiger partial charge on any atom is 0.351 e. The second-order valence-corrected chi connectivity index (χ2v) is 6.36. The molecule has 4 heteroatoms. The highest BCUT2D eigenvalue weighted by atomic mass is 16.6. The molecule has 1 heterocycles. The van der Waals surface area contributed by atoms with Crippen LogP contribution in [0.2, 0.25) is 0 Å². The molecule has 0 saturated heterocycles. The predicted molar refractivity (Wildman–Crippen MR) is 96.2 cm³/mol. The molecule has 0 aromatic heterocycles. The Hall–Kier alpha value is -3.27. The van der Waals surface area contributed by atoms with Crippen molar-refractivity contribution in [3.8, 4) is 22.6 Å². The summed E-state index contributed by atoms with van der Waals surface area (Å²) in [4.78, 5) is 12.8. The summed E-state index contributed by atoms with van der Waals surface area (Å²) in [6.07, 6.45) is -1.19. The highest BCUT2D eigenvalue weighted by molar-refractivity contribution is 5.81. The van der Waals surface area contributed by atoms with Crippen molar-refractivity contribution in [2.45, 2.75) is 12.2 Å². The third-order valence-corrected chi connectivity index (χ3v) is 4.78. The van der Waals surface area contributed by atoms with Crippen molar-refractivity contribution in [2.24, 2.45) is 0 Å². The zero-order valence-corrected chi connectivity index (χ0v) is 13.9. The van der Waals surface area contributed by atoms with E-state index in [0.29, 0.717) is 11.5 Å². The van der Waals surface area contributed by atoms with E-state index in [1.807, 2.05) is 54.6 Å². The van der Waals surface area contributed by atoms with Crippen LogP contribution in [0.15, 0.2) is 72.8 Å². The van der Waals surface area contributed by atoms with Gasteiger partial charge in [0.25, 0.3) is 0 Å². The van der Waals surface area contributed by atoms with Crippen LogP contribution in [0.3, 0.4) is 0 Å². The van der Waals surface area contributed by atoms with Crippen molar-refractivity contribution in [3.63, 3.8) is 0 Å². The van der Waals surface area contributed by atoms with Crippen molar-refractivity contribution in [3.05, 3.63) is 83.9 Å². The summed E-state index contributed by atoms with van der Waals surface area (Å²) in [6.45, 7) is 0.145. The molecular formula is C22H16O4. The van der Waals surface area contributed by atoms with Gasteiger partial charge in [0.1, 0.15) is 6.61 Å². The van der Waals surface area contributed by atoms with E-state index in [1.54, 1.807) is 6.07 Å². The Morgan fingerprint density at radius 1 is 0.808 bits per heavy atom. The van der Waals surface area contributed by atoms with Gasteiger partial charge >= 0.3 is 5.97 Å². The van der Waals surface area contributed by atoms with Crippen molar-refractivity contribution in [2.75, 3.05) is 6.61 Å². The van der Waals surface area contributed by atoms with Gasteiger partial charge in [-0.15, -0.1) is 0 Å². The van der Waals surface area contributed by atoms with Gasteiger partial charge in [0, 0.05) is 11.1 Å². The zero-order valence-electron chi connectivity index (χ0n) is 13.9. The Kier molecular flexibility index (Phi) is 3.42. The molecule has 2 aliphatic rings. The normalized spacial score (nSPS) is 17.3. The van der Waals surface area contributed by atoms with Gasteiger partial charge in [0.15, 0.2) is 17.6 Å². The summed E-state index contributed by atoms with van der Waals surface area (Å²) in [7, 11) is 0. The Labute approximate surface area is 150 Å². The van der Waals surface area contributed by atoms with Crippen LogP contribution in [-0.4, -0.2) is 18.7 Å². The molecule has 1 aliphatic carbocycles. The highest BCUT2D eigenvalue weighted by Crippen LogP contribution is 2.45. The van der Waals surface area contributed by atoms with Crippen LogP contribution >= 0.6 is 0 Å². The number of hydrogen-bond donors (Lipinski definition) is 0. The summed E-state index contributed by atoms with van der Waals surface area (Å²) in [5.41, 5.74) is 4.21. The number of benzene rings is 3. The van der Waals surface area contributed by atoms with Gasteiger partial charge in [-0.25, -0.2) is 4.79 Å². The first-order valence-corrected chi connectivity index (χ1v) is 8.58. The maximum atomic E-state index is 12.8. The average Bonchev–Trinajstić information content (AvgIpc) is 3.02. The molecule has 1 atom stereocenters. The number of fused-ring (bicyclic) bond motifs is 4. The minimum absolute atomic E-state index is 0.145. The molecule has 3 aromatic rings. The Balaban J connectivity index is 1.42. The first kappa shape index (κ1) is 15.0. The molecule has 0 bridgehead atoms. The van der Waals surface area contributed by atoms with Crippen LogP contribution in [0.25, 0.3) is 11.1 Å². The van der Waals surface area contributed by atoms with Crippen LogP contribution < -0.4 is 9.47 Å². The van der Waals surface area contributed by atoms with Crippen LogP contribution in [-0.2, 0) is 9.53 Å². The number of ether oxygens (including phenoxy) is 3. The van der Waals surface area contributed by atoms with Crippen molar-refractivity contribution >= 4 is 5.97 Å². The molecule has 4 nitrogen and oxygen atoms in total. The van der Waals surface area contributed by atoms with Crippen LogP contribution in [0, 0.1) is 0 Å². The average molecular weight is 344 g/mol. The van der Waals surface area contributed by atoms with Gasteiger partial charge in [-0.3, -0.25) is 0 Å². The first-order chi connectivity index (χ1) is 12.8. The molecular weight excluding hydrogens is 328 g/mol. The molecule has 1 unspecified atom stereocenters. The van der Waals surface area contributed by atoms with Crippen molar-refractivity contribution < 1.29 is 19.0 Å². The van der Waals surface area contributed by atoms with Gasteiger partial charge in [-0.05, 0) is 23.3 Å². The minimum Gasteiger partial charge on any atom is -0.485 e. The third kappa shape index (κ3) is 2.34. The number of rotatable bonds is 2. The first-order valence-electron chi connectivity index (χ1n) is 8.58.